The molecule has 3 amide bonds. The highest BCUT2D eigenvalue weighted by atomic mass is 35.5. The average molecular weight is 432 g/mol. The fourth-order valence-electron chi connectivity index (χ4n) is 1.95. The zero-order valence-electron chi connectivity index (χ0n) is 15.5. The van der Waals surface area contributed by atoms with Gasteiger partial charge in [-0.25, -0.2) is 4.79 Å². The molecule has 0 unspecified atom stereocenters. The van der Waals surface area contributed by atoms with Crippen LogP contribution < -0.4 is 21.7 Å². The second-order valence-electron chi connectivity index (χ2n) is 6.12. The topological polar surface area (TPSA) is 146 Å². The highest BCUT2D eigenvalue weighted by Gasteiger charge is 2.17. The van der Waals surface area contributed by atoms with Gasteiger partial charge < -0.3 is 15.8 Å². The van der Waals surface area contributed by atoms with Gasteiger partial charge in [-0.15, -0.1) is 0 Å². The summed E-state index contributed by atoms with van der Waals surface area (Å²) in [5.74, 6) is -1.52. The van der Waals surface area contributed by atoms with E-state index in [9.17, 15) is 14.4 Å². The van der Waals surface area contributed by atoms with Crippen LogP contribution in [0.4, 0.5) is 4.79 Å². The van der Waals surface area contributed by atoms with Crippen molar-refractivity contribution in [3.63, 3.8) is 0 Å². The van der Waals surface area contributed by atoms with Gasteiger partial charge in [0.05, 0.1) is 19.0 Å². The lowest BCUT2D eigenvalue weighted by atomic mass is 10.1. The highest BCUT2D eigenvalue weighted by molar-refractivity contribution is 6.36. The van der Waals surface area contributed by atoms with E-state index in [1.165, 1.54) is 0 Å². The van der Waals surface area contributed by atoms with E-state index < -0.39 is 24.0 Å². The van der Waals surface area contributed by atoms with E-state index in [0.717, 1.165) is 0 Å². The summed E-state index contributed by atoms with van der Waals surface area (Å²) in [7, 11) is 0. The Hall–Kier alpha value is -2.36. The van der Waals surface area contributed by atoms with Crippen LogP contribution in [-0.4, -0.2) is 43.1 Å². The van der Waals surface area contributed by atoms with Crippen molar-refractivity contribution in [1.29, 1.82) is 5.41 Å². The molecule has 0 saturated carbocycles. The van der Waals surface area contributed by atoms with Crippen molar-refractivity contribution in [3.05, 3.63) is 33.8 Å². The summed E-state index contributed by atoms with van der Waals surface area (Å²) >= 11 is 12.0. The Morgan fingerprint density at radius 2 is 1.79 bits per heavy atom. The van der Waals surface area contributed by atoms with E-state index in [4.69, 9.17) is 39.1 Å². The number of guanidine groups is 1. The number of alkyl carbamates (subject to hydrolysis) is 1. The molecular formula is C17H23Cl2N5O4. The Bertz CT molecular complexity index is 722. The zero-order valence-corrected chi connectivity index (χ0v) is 17.0. The summed E-state index contributed by atoms with van der Waals surface area (Å²) in [4.78, 5) is 35.2. The number of hydrogen-bond acceptors (Lipinski definition) is 6. The van der Waals surface area contributed by atoms with Gasteiger partial charge in [0.1, 0.15) is 6.61 Å². The van der Waals surface area contributed by atoms with Crippen molar-refractivity contribution in [1.82, 2.24) is 16.0 Å². The first-order chi connectivity index (χ1) is 13.1. The molecule has 1 rings (SSSR count). The summed E-state index contributed by atoms with van der Waals surface area (Å²) in [6.45, 7) is 3.57. The third kappa shape index (κ3) is 8.12. The molecule has 0 radical (unpaired) electrons. The fourth-order valence-corrected chi connectivity index (χ4v) is 2.48. The minimum atomic E-state index is -0.955. The number of benzene rings is 1. The summed E-state index contributed by atoms with van der Waals surface area (Å²) in [6.07, 6.45) is -1.12. The molecule has 0 aliphatic rings. The van der Waals surface area contributed by atoms with Crippen LogP contribution in [0, 0.1) is 11.3 Å². The first kappa shape index (κ1) is 23.7. The Kier molecular flexibility index (Phi) is 9.70. The van der Waals surface area contributed by atoms with Crippen LogP contribution in [0.5, 0.6) is 0 Å². The molecule has 1 atom stereocenters. The number of amides is 3. The van der Waals surface area contributed by atoms with Crippen molar-refractivity contribution in [3.8, 4) is 0 Å². The van der Waals surface area contributed by atoms with Gasteiger partial charge in [-0.2, -0.15) is 0 Å². The Labute approximate surface area is 172 Å². The molecule has 1 aromatic carbocycles. The molecule has 154 valence electrons. The predicted molar refractivity (Wildman–Crippen MR) is 106 cm³/mol. The number of nitrogens with one attached hydrogen (secondary N) is 4. The summed E-state index contributed by atoms with van der Waals surface area (Å²) in [6, 6.07) is 4.17. The first-order valence-electron chi connectivity index (χ1n) is 8.40. The van der Waals surface area contributed by atoms with Gasteiger partial charge in [0.25, 0.3) is 0 Å². The molecule has 28 heavy (non-hydrogen) atoms. The lowest BCUT2D eigenvalue weighted by Crippen LogP contribution is -2.46. The molecule has 0 heterocycles. The van der Waals surface area contributed by atoms with Crippen LogP contribution in [0.25, 0.3) is 0 Å². The molecule has 0 aliphatic heterocycles. The molecule has 0 aromatic heterocycles. The van der Waals surface area contributed by atoms with Crippen LogP contribution in [0.3, 0.4) is 0 Å². The quantitative estimate of drug-likeness (QED) is 0.251. The van der Waals surface area contributed by atoms with Gasteiger partial charge in [0.15, 0.2) is 0 Å². The molecule has 0 aliphatic carbocycles. The maximum absolute atomic E-state index is 11.9. The smallest absolute Gasteiger partial charge is 0.414 e. The van der Waals surface area contributed by atoms with Gasteiger partial charge in [0, 0.05) is 10.0 Å². The van der Waals surface area contributed by atoms with E-state index in [1.807, 2.05) is 19.2 Å². The average Bonchev–Trinajstić information content (AvgIpc) is 2.60. The lowest BCUT2D eigenvalue weighted by molar-refractivity contribution is -0.123. The number of nitrogens with two attached hydrogens (primary N) is 1. The van der Waals surface area contributed by atoms with Crippen LogP contribution in [0.15, 0.2) is 18.2 Å². The van der Waals surface area contributed by atoms with Gasteiger partial charge in [0.2, 0.25) is 17.8 Å². The second-order valence-corrected chi connectivity index (χ2v) is 6.94. The van der Waals surface area contributed by atoms with Crippen molar-refractivity contribution in [2.24, 2.45) is 11.7 Å². The Morgan fingerprint density at radius 3 is 2.36 bits per heavy atom. The minimum absolute atomic E-state index is 0.0195. The van der Waals surface area contributed by atoms with Crippen LogP contribution in [0.1, 0.15) is 19.4 Å². The maximum atomic E-state index is 11.9. The van der Waals surface area contributed by atoms with E-state index in [0.29, 0.717) is 15.6 Å². The Morgan fingerprint density at radius 1 is 1.18 bits per heavy atom. The van der Waals surface area contributed by atoms with Crippen LogP contribution in [-0.2, 0) is 20.7 Å². The number of ether oxygens (including phenoxy) is 1. The highest BCUT2D eigenvalue weighted by Crippen LogP contribution is 2.24. The number of carbonyl (C=O) groups excluding carboxylic acids is 3. The third-order valence-electron chi connectivity index (χ3n) is 3.55. The fraction of sp³-hybridized carbons (Fsp3) is 0.412. The second kappa shape index (κ2) is 11.5. The zero-order chi connectivity index (χ0) is 21.3. The number of rotatable bonds is 7. The van der Waals surface area contributed by atoms with Gasteiger partial charge >= 0.3 is 6.09 Å². The molecule has 0 bridgehead atoms. The number of halogens is 2. The molecule has 9 nitrogen and oxygen atoms in total. The molecule has 0 spiro atoms. The van der Waals surface area contributed by atoms with E-state index in [1.54, 1.807) is 18.2 Å². The third-order valence-corrected chi connectivity index (χ3v) is 4.25. The summed E-state index contributed by atoms with van der Waals surface area (Å²) in [5.41, 5.74) is 6.08. The maximum Gasteiger partial charge on any atom is 0.414 e. The molecule has 0 fully saturated rings. The SMILES string of the molecule is CC(C)[C@H](N)C(=O)NCCOC(=O)NC(=N)NC(=O)Cc1c(Cl)cccc1Cl. The standard InChI is InChI=1S/C17H23Cl2N5O4/c1-9(2)14(20)15(26)22-6-7-28-17(27)24-16(21)23-13(25)8-10-11(18)4-3-5-12(10)19/h3-5,9,14H,6-8,20H2,1-2H3,(H,22,26)(H3,21,23,24,25,27)/t14-/m0/s1. The largest absolute Gasteiger partial charge is 0.447 e. The van der Waals surface area contributed by atoms with E-state index in [-0.39, 0.29) is 31.4 Å². The number of carbonyl (C=O) groups is 3. The summed E-state index contributed by atoms with van der Waals surface area (Å²) in [5, 5.41) is 15.0. The lowest BCUT2D eigenvalue weighted by Gasteiger charge is -2.15. The molecule has 11 heteroatoms. The van der Waals surface area contributed by atoms with Gasteiger partial charge in [-0.05, 0) is 23.6 Å². The molecule has 1 aromatic rings. The minimum Gasteiger partial charge on any atom is -0.447 e. The molecule has 6 N–H and O–H groups in total. The van der Waals surface area contributed by atoms with E-state index in [2.05, 4.69) is 10.6 Å². The Balaban J connectivity index is 2.32. The number of hydrogen-bond donors (Lipinski definition) is 5. The first-order valence-corrected chi connectivity index (χ1v) is 9.15. The van der Waals surface area contributed by atoms with Crippen molar-refractivity contribution in [2.75, 3.05) is 13.2 Å². The molecule has 0 saturated heterocycles. The van der Waals surface area contributed by atoms with Crippen LogP contribution >= 0.6 is 23.2 Å². The molecular weight excluding hydrogens is 409 g/mol. The monoisotopic (exact) mass is 431 g/mol. The van der Waals surface area contributed by atoms with Crippen LogP contribution in [0.2, 0.25) is 10.0 Å². The summed E-state index contributed by atoms with van der Waals surface area (Å²) < 4.78 is 4.80. The van der Waals surface area contributed by atoms with Crippen molar-refractivity contribution in [2.45, 2.75) is 26.3 Å². The van der Waals surface area contributed by atoms with Crippen molar-refractivity contribution < 1.29 is 19.1 Å². The van der Waals surface area contributed by atoms with Gasteiger partial charge in [-0.1, -0.05) is 43.1 Å². The van der Waals surface area contributed by atoms with Gasteiger partial charge in [-0.3, -0.25) is 25.6 Å². The van der Waals surface area contributed by atoms with Crippen molar-refractivity contribution >= 4 is 47.1 Å². The normalized spacial score (nSPS) is 11.5. The van der Waals surface area contributed by atoms with E-state index >= 15 is 0 Å². The predicted octanol–water partition coefficient (Wildman–Crippen LogP) is 1.41.